The van der Waals surface area contributed by atoms with Crippen LogP contribution in [0.2, 0.25) is 5.02 Å². The Morgan fingerprint density at radius 2 is 1.66 bits per heavy atom. The van der Waals surface area contributed by atoms with E-state index in [2.05, 4.69) is 6.08 Å². The van der Waals surface area contributed by atoms with Gasteiger partial charge in [0.25, 0.3) is 5.76 Å². The highest BCUT2D eigenvalue weighted by molar-refractivity contribution is 6.32. The topological polar surface area (TPSA) is 223 Å². The molecular formula is C50H63ClO16. The summed E-state index contributed by atoms with van der Waals surface area (Å²) in [7, 11) is 1.43. The zero-order valence-electron chi connectivity index (χ0n) is 38.8. The van der Waals surface area contributed by atoms with Crippen LogP contribution in [0.5, 0.6) is 5.75 Å². The molecule has 1 aromatic rings. The third-order valence-corrected chi connectivity index (χ3v) is 15.9. The van der Waals surface area contributed by atoms with Crippen molar-refractivity contribution < 1.29 is 77.5 Å². The molecule has 16 atom stereocenters. The van der Waals surface area contributed by atoms with Gasteiger partial charge < -0.3 is 58.3 Å². The number of carbonyl (C=O) groups excluding carboxylic acids is 3. The molecule has 3 aliphatic carbocycles. The van der Waals surface area contributed by atoms with Gasteiger partial charge in [-0.2, -0.15) is 0 Å². The van der Waals surface area contributed by atoms with Crippen molar-refractivity contribution in [2.24, 2.45) is 35.0 Å². The largest absolute Gasteiger partial charge is 0.505 e. The number of carboxylic acids is 1. The highest BCUT2D eigenvalue weighted by atomic mass is 35.5. The number of halogens is 1. The van der Waals surface area contributed by atoms with Crippen molar-refractivity contribution in [3.05, 3.63) is 75.8 Å². The highest BCUT2D eigenvalue weighted by Crippen LogP contribution is 2.55. The number of carboxylic acid groups (broad SMARTS) is 1. The van der Waals surface area contributed by atoms with Crippen molar-refractivity contribution >= 4 is 35.5 Å². The van der Waals surface area contributed by atoms with Gasteiger partial charge in [-0.15, -0.1) is 0 Å². The number of methoxy groups -OCH3 is 1. The standard InChI is InChI=1S/C50H63ClO16/c1-24-23-50-29(20-31(24)45(55)56)13-10-8-7-9-12-28-16-17-30-32(49(28,5)48(59)66-43(44(50)54)47(58)67-50)14-11-15-35(30)63-38-21-34(52)42(27(4)62-38)65-39-22-37(41(53)26(3)61-39)64-46(57)40-25(2)33(51)18-19-36(40)60-6/h10,13,16-20,24,26-30,32,34-35,37-39,41-42,52-54H,7-9,11-12,14-15,21-23H2,1-6H3,(H,55,56)/b13-10+/t24-,26-,27-,28-,29-,30-,32-,34-,35+,37-,38+,39+,41-,42-,49-,50-/m1/s1. The van der Waals surface area contributed by atoms with E-state index in [1.807, 2.05) is 19.1 Å². The summed E-state index contributed by atoms with van der Waals surface area (Å²) in [6, 6.07) is 3.18. The Kier molecular flexibility index (Phi) is 14.4. The summed E-state index contributed by atoms with van der Waals surface area (Å²) < 4.78 is 48.4. The highest BCUT2D eigenvalue weighted by Gasteiger charge is 2.60. The van der Waals surface area contributed by atoms with Crippen LogP contribution in [0.25, 0.3) is 0 Å². The summed E-state index contributed by atoms with van der Waals surface area (Å²) in [6.45, 7) is 8.63. The molecule has 4 heterocycles. The maximum atomic E-state index is 14.8. The fourth-order valence-corrected chi connectivity index (χ4v) is 11.8. The zero-order chi connectivity index (χ0) is 48.1. The van der Waals surface area contributed by atoms with E-state index >= 15 is 0 Å². The van der Waals surface area contributed by atoms with Crippen molar-refractivity contribution in [2.45, 2.75) is 160 Å². The van der Waals surface area contributed by atoms with E-state index in [1.165, 1.54) is 13.2 Å². The Labute approximate surface area is 395 Å². The average molecular weight is 955 g/mol. The van der Waals surface area contributed by atoms with Crippen LogP contribution < -0.4 is 4.74 Å². The van der Waals surface area contributed by atoms with Gasteiger partial charge in [-0.3, -0.25) is 4.79 Å². The average Bonchev–Trinajstić information content (AvgIpc) is 3.50. The van der Waals surface area contributed by atoms with Crippen LogP contribution >= 0.6 is 11.6 Å². The Morgan fingerprint density at radius 1 is 0.910 bits per heavy atom. The number of fused-ring (bicyclic) bond motifs is 3. The Bertz CT molecular complexity index is 2210. The second-order valence-electron chi connectivity index (χ2n) is 19.5. The number of allylic oxidation sites excluding steroid dienone is 2. The molecule has 2 saturated heterocycles. The van der Waals surface area contributed by atoms with Gasteiger partial charge in [0.1, 0.15) is 29.6 Å². The summed E-state index contributed by atoms with van der Waals surface area (Å²) in [4.78, 5) is 53.9. The maximum absolute atomic E-state index is 14.8. The van der Waals surface area contributed by atoms with Gasteiger partial charge >= 0.3 is 23.9 Å². The molecule has 67 heavy (non-hydrogen) atoms. The van der Waals surface area contributed by atoms with Crippen LogP contribution in [0.1, 0.15) is 108 Å². The lowest BCUT2D eigenvalue weighted by atomic mass is 9.55. The molecule has 0 amide bonds. The lowest BCUT2D eigenvalue weighted by Gasteiger charge is -2.51. The van der Waals surface area contributed by atoms with Crippen molar-refractivity contribution in [1.29, 1.82) is 0 Å². The van der Waals surface area contributed by atoms with Crippen LogP contribution in [-0.2, 0) is 47.5 Å². The molecule has 0 radical (unpaired) electrons. The Morgan fingerprint density at radius 3 is 2.39 bits per heavy atom. The maximum Gasteiger partial charge on any atom is 0.379 e. The van der Waals surface area contributed by atoms with Crippen LogP contribution in [0, 0.1) is 41.9 Å². The van der Waals surface area contributed by atoms with Crippen molar-refractivity contribution in [1.82, 2.24) is 0 Å². The quantitative estimate of drug-likeness (QED) is 0.117. The monoisotopic (exact) mass is 954 g/mol. The molecule has 8 rings (SSSR count). The number of benzene rings is 1. The van der Waals surface area contributed by atoms with Gasteiger partial charge in [0.05, 0.1) is 36.9 Å². The molecule has 3 fully saturated rings. The van der Waals surface area contributed by atoms with Crippen LogP contribution in [0.15, 0.2) is 59.6 Å². The van der Waals surface area contributed by atoms with E-state index in [9.17, 15) is 39.6 Å². The van der Waals surface area contributed by atoms with Gasteiger partial charge in [0.2, 0.25) is 0 Å². The minimum Gasteiger partial charge on any atom is -0.505 e. The van der Waals surface area contributed by atoms with E-state index in [1.54, 1.807) is 45.9 Å². The number of hydrogen-bond acceptors (Lipinski definition) is 15. The van der Waals surface area contributed by atoms with Gasteiger partial charge in [-0.05, 0) is 95.2 Å². The molecule has 2 bridgehead atoms. The lowest BCUT2D eigenvalue weighted by Crippen LogP contribution is -2.56. The van der Waals surface area contributed by atoms with Crippen LogP contribution in [0.4, 0.5) is 0 Å². The molecule has 7 aliphatic rings. The van der Waals surface area contributed by atoms with Gasteiger partial charge in [0.15, 0.2) is 23.9 Å². The second-order valence-corrected chi connectivity index (χ2v) is 20.0. The first-order chi connectivity index (χ1) is 31.9. The normalized spacial score (nSPS) is 40.5. The SMILES string of the molecule is COc1ccc(Cl)c(C)c1C(=O)O[C@@H]1C[C@H](O[C@H]2[C@H](O)C[C@H](O[C@H]3CCC[C@@H]4[C@H]3C=C[C@H]3CCCC/C=C/[C@@H]5C=C(C(=O)O)[C@H](C)C[C@@]56OC(=O)C(=C6O)OC(=O)[C@@]43C)O[C@@H]2C)O[C@H](C)[C@H]1O. The molecule has 1 spiro atoms. The van der Waals surface area contributed by atoms with Crippen molar-refractivity contribution in [3.63, 3.8) is 0 Å². The van der Waals surface area contributed by atoms with Crippen molar-refractivity contribution in [3.8, 4) is 5.75 Å². The number of aliphatic hydroxyl groups is 3. The lowest BCUT2D eigenvalue weighted by molar-refractivity contribution is -0.318. The summed E-state index contributed by atoms with van der Waals surface area (Å²) in [6.07, 6.45) is 6.54. The number of esters is 3. The smallest absolute Gasteiger partial charge is 0.379 e. The van der Waals surface area contributed by atoms with E-state index in [0.29, 0.717) is 42.7 Å². The van der Waals surface area contributed by atoms with Gasteiger partial charge in [-0.25, -0.2) is 14.4 Å². The van der Waals surface area contributed by atoms with E-state index in [4.69, 9.17) is 49.5 Å². The molecule has 16 nitrogen and oxygen atoms in total. The van der Waals surface area contributed by atoms with E-state index in [-0.39, 0.29) is 53.9 Å². The zero-order valence-corrected chi connectivity index (χ0v) is 39.5. The first-order valence-corrected chi connectivity index (χ1v) is 24.0. The number of rotatable bonds is 8. The fraction of sp³-hybridized carbons (Fsp3) is 0.640. The van der Waals surface area contributed by atoms with Crippen LogP contribution in [-0.4, -0.2) is 112 Å². The summed E-state index contributed by atoms with van der Waals surface area (Å²) in [5.74, 6) is -6.44. The Balaban J connectivity index is 0.952. The van der Waals surface area contributed by atoms with E-state index in [0.717, 1.165) is 12.8 Å². The number of carbonyl (C=O) groups is 4. The second kappa shape index (κ2) is 19.6. The summed E-state index contributed by atoms with van der Waals surface area (Å²) >= 11 is 6.30. The third kappa shape index (κ3) is 9.19. The summed E-state index contributed by atoms with van der Waals surface area (Å²) in [5, 5.41) is 44.6. The molecule has 17 heteroatoms. The molecule has 4 N–H and O–H groups in total. The van der Waals surface area contributed by atoms with E-state index < -0.39 is 114 Å². The molecule has 4 aliphatic heterocycles. The predicted molar refractivity (Wildman–Crippen MR) is 238 cm³/mol. The molecule has 1 saturated carbocycles. The molecule has 1 aromatic carbocycles. The minimum atomic E-state index is -1.62. The fourth-order valence-electron chi connectivity index (χ4n) is 11.7. The first kappa shape index (κ1) is 49.1. The molecular weight excluding hydrogens is 892 g/mol. The Hall–Kier alpha value is -4.29. The number of aliphatic hydroxyl groups excluding tert-OH is 3. The third-order valence-electron chi connectivity index (χ3n) is 15.5. The number of hydrogen-bond donors (Lipinski definition) is 4. The van der Waals surface area contributed by atoms with Gasteiger partial charge in [-0.1, -0.05) is 61.7 Å². The van der Waals surface area contributed by atoms with Gasteiger partial charge in [0, 0.05) is 41.7 Å². The number of aliphatic carboxylic acids is 1. The molecule has 0 aromatic heterocycles. The number of ether oxygens (including phenoxy) is 8. The first-order valence-electron chi connectivity index (χ1n) is 23.6. The minimum absolute atomic E-state index is 0.00846. The van der Waals surface area contributed by atoms with Crippen LogP contribution in [0.3, 0.4) is 0 Å². The molecule has 366 valence electrons. The summed E-state index contributed by atoms with van der Waals surface area (Å²) in [5.41, 5.74) is -2.00. The van der Waals surface area contributed by atoms with Crippen molar-refractivity contribution in [2.75, 3.05) is 7.11 Å². The molecule has 0 unspecified atom stereocenters. The predicted octanol–water partition coefficient (Wildman–Crippen LogP) is 6.96.